The van der Waals surface area contributed by atoms with Crippen LogP contribution in [0, 0.1) is 5.82 Å². The molecule has 198 valence electrons. The number of hydrogen-bond donors (Lipinski definition) is 0. The van der Waals surface area contributed by atoms with Gasteiger partial charge in [0.1, 0.15) is 5.82 Å². The largest absolute Gasteiger partial charge is 0.451 e. The van der Waals surface area contributed by atoms with Crippen molar-refractivity contribution < 1.29 is 30.8 Å². The van der Waals surface area contributed by atoms with Crippen LogP contribution in [-0.2, 0) is 27.4 Å². The Morgan fingerprint density at radius 3 is 2.32 bits per heavy atom. The standard InChI is InChI=1S/C24H22F4N4O3S.CH4/c1-15-2-8-21(32(15)36(34,35)19-6-4-18(25)5-7-19)22(33)9-3-16-10-11-29-20(12-16)17-13-30-23(31-14-17)24(26,27)28;/h4-7,10-15,21H,2-3,8-9H2,1H3;1H4/t15-,21-;/m0./s1. The van der Waals surface area contributed by atoms with Gasteiger partial charge in [0.05, 0.1) is 16.6 Å². The molecule has 1 aliphatic heterocycles. The summed E-state index contributed by atoms with van der Waals surface area (Å²) in [6.45, 7) is 1.73. The molecular weight excluding hydrogens is 512 g/mol. The number of sulfonamides is 1. The Kier molecular flexibility index (Phi) is 8.43. The van der Waals surface area contributed by atoms with Gasteiger partial charge in [-0.25, -0.2) is 22.8 Å². The molecule has 3 heterocycles. The van der Waals surface area contributed by atoms with E-state index in [2.05, 4.69) is 15.0 Å². The summed E-state index contributed by atoms with van der Waals surface area (Å²) in [6, 6.07) is 6.57. The third-order valence-electron chi connectivity index (χ3n) is 6.05. The van der Waals surface area contributed by atoms with E-state index in [-0.39, 0.29) is 42.6 Å². The van der Waals surface area contributed by atoms with Crippen molar-refractivity contribution in [3.63, 3.8) is 0 Å². The number of pyridine rings is 1. The summed E-state index contributed by atoms with van der Waals surface area (Å²) in [7, 11) is -4.00. The zero-order chi connectivity index (χ0) is 26.1. The van der Waals surface area contributed by atoms with E-state index in [9.17, 15) is 30.8 Å². The van der Waals surface area contributed by atoms with Crippen molar-refractivity contribution in [3.8, 4) is 11.3 Å². The van der Waals surface area contributed by atoms with Crippen molar-refractivity contribution in [1.29, 1.82) is 0 Å². The summed E-state index contributed by atoms with van der Waals surface area (Å²) in [5, 5.41) is 0. The van der Waals surface area contributed by atoms with Crippen LogP contribution in [0.3, 0.4) is 0 Å². The van der Waals surface area contributed by atoms with Crippen molar-refractivity contribution in [2.24, 2.45) is 0 Å². The van der Waals surface area contributed by atoms with Gasteiger partial charge < -0.3 is 0 Å². The van der Waals surface area contributed by atoms with Crippen molar-refractivity contribution in [3.05, 3.63) is 72.2 Å². The highest BCUT2D eigenvalue weighted by Crippen LogP contribution is 2.32. The number of carbonyl (C=O) groups excluding carboxylic acids is 1. The normalized spacial score (nSPS) is 18.4. The Labute approximate surface area is 212 Å². The number of ketones is 1. The first kappa shape index (κ1) is 28.3. The SMILES string of the molecule is C.C[C@H]1CC[C@@H](C(=O)CCc2ccnc(-c3cnc(C(F)(F)F)nc3)c2)N1S(=O)(=O)c1ccc(F)cc1. The van der Waals surface area contributed by atoms with Crippen molar-refractivity contribution in [1.82, 2.24) is 19.3 Å². The maximum atomic E-state index is 13.3. The predicted molar refractivity (Wildman–Crippen MR) is 128 cm³/mol. The van der Waals surface area contributed by atoms with Crippen molar-refractivity contribution in [2.45, 2.75) is 63.2 Å². The molecule has 1 aliphatic rings. The first-order valence-corrected chi connectivity index (χ1v) is 12.6. The molecule has 3 aromatic rings. The molecule has 0 radical (unpaired) electrons. The third kappa shape index (κ3) is 6.19. The van der Waals surface area contributed by atoms with E-state index in [1.54, 1.807) is 19.1 Å². The lowest BCUT2D eigenvalue weighted by Gasteiger charge is -2.27. The van der Waals surface area contributed by atoms with E-state index in [0.717, 1.165) is 24.5 Å². The van der Waals surface area contributed by atoms with Gasteiger partial charge >= 0.3 is 6.18 Å². The lowest BCUT2D eigenvalue weighted by molar-refractivity contribution is -0.145. The molecule has 2 aromatic heterocycles. The summed E-state index contributed by atoms with van der Waals surface area (Å²) in [6.07, 6.45) is 0.121. The third-order valence-corrected chi connectivity index (χ3v) is 8.08. The van der Waals surface area contributed by atoms with Gasteiger partial charge in [0, 0.05) is 36.6 Å². The highest BCUT2D eigenvalue weighted by Gasteiger charge is 2.43. The molecule has 0 unspecified atom stereocenters. The summed E-state index contributed by atoms with van der Waals surface area (Å²) in [5.74, 6) is -2.06. The van der Waals surface area contributed by atoms with Crippen molar-refractivity contribution in [2.75, 3.05) is 0 Å². The van der Waals surface area contributed by atoms with E-state index in [1.165, 1.54) is 22.6 Å². The molecule has 0 aliphatic carbocycles. The maximum Gasteiger partial charge on any atom is 0.451 e. The maximum absolute atomic E-state index is 13.3. The average molecular weight is 539 g/mol. The summed E-state index contributed by atoms with van der Waals surface area (Å²) in [4.78, 5) is 23.8. The van der Waals surface area contributed by atoms with Gasteiger partial charge in [-0.05, 0) is 68.1 Å². The molecule has 1 saturated heterocycles. The molecular formula is C25H26F4N4O3S. The van der Waals surface area contributed by atoms with Crippen LogP contribution in [0.25, 0.3) is 11.3 Å². The van der Waals surface area contributed by atoms with Gasteiger partial charge in [-0.2, -0.15) is 17.5 Å². The van der Waals surface area contributed by atoms with E-state index >= 15 is 0 Å². The van der Waals surface area contributed by atoms with Gasteiger partial charge in [0.2, 0.25) is 15.8 Å². The fraction of sp³-hybridized carbons (Fsp3) is 0.360. The average Bonchev–Trinajstić information content (AvgIpc) is 3.25. The minimum atomic E-state index is -4.65. The number of aromatic nitrogens is 3. The topological polar surface area (TPSA) is 93.1 Å². The number of nitrogens with zero attached hydrogens (tertiary/aromatic N) is 4. The second-order valence-electron chi connectivity index (χ2n) is 8.54. The first-order valence-electron chi connectivity index (χ1n) is 11.1. The number of hydrogen-bond acceptors (Lipinski definition) is 6. The minimum Gasteiger partial charge on any atom is -0.298 e. The Balaban J connectivity index is 0.00000380. The molecule has 1 fully saturated rings. The van der Waals surface area contributed by atoms with E-state index in [1.807, 2.05) is 0 Å². The molecule has 0 bridgehead atoms. The number of aryl methyl sites for hydroxylation is 1. The van der Waals surface area contributed by atoms with Gasteiger partial charge in [0.15, 0.2) is 5.78 Å². The quantitative estimate of drug-likeness (QED) is 0.390. The van der Waals surface area contributed by atoms with Crippen LogP contribution in [-0.4, -0.2) is 45.5 Å². The second kappa shape index (κ2) is 11.0. The molecule has 4 rings (SSSR count). The lowest BCUT2D eigenvalue weighted by Crippen LogP contribution is -2.44. The Morgan fingerprint density at radius 1 is 1.05 bits per heavy atom. The number of alkyl halides is 3. The zero-order valence-electron chi connectivity index (χ0n) is 19.1. The van der Waals surface area contributed by atoms with Crippen molar-refractivity contribution >= 4 is 15.8 Å². The smallest absolute Gasteiger partial charge is 0.298 e. The minimum absolute atomic E-state index is 0. The molecule has 2 atom stereocenters. The molecule has 0 saturated carbocycles. The number of carbonyl (C=O) groups is 1. The van der Waals surface area contributed by atoms with E-state index in [4.69, 9.17) is 0 Å². The van der Waals surface area contributed by atoms with Crippen LogP contribution in [0.2, 0.25) is 0 Å². The summed E-state index contributed by atoms with van der Waals surface area (Å²) >= 11 is 0. The number of Topliss-reactive ketones (excluding diaryl/α,β-unsaturated/α-hetero) is 1. The van der Waals surface area contributed by atoms with Gasteiger partial charge in [-0.15, -0.1) is 0 Å². The van der Waals surface area contributed by atoms with Crippen LogP contribution in [0.5, 0.6) is 0 Å². The summed E-state index contributed by atoms with van der Waals surface area (Å²) in [5.41, 5.74) is 1.34. The Hall–Kier alpha value is -3.25. The monoisotopic (exact) mass is 538 g/mol. The molecule has 0 spiro atoms. The van der Waals surface area contributed by atoms with Gasteiger partial charge in [0.25, 0.3) is 0 Å². The summed E-state index contributed by atoms with van der Waals surface area (Å²) < 4.78 is 79.0. The Bertz CT molecular complexity index is 1350. The molecule has 1 aromatic carbocycles. The lowest BCUT2D eigenvalue weighted by atomic mass is 10.0. The Morgan fingerprint density at radius 2 is 1.70 bits per heavy atom. The molecule has 7 nitrogen and oxygen atoms in total. The van der Waals surface area contributed by atoms with Gasteiger partial charge in [-0.3, -0.25) is 9.78 Å². The highest BCUT2D eigenvalue weighted by molar-refractivity contribution is 7.89. The number of rotatable bonds is 7. The van der Waals surface area contributed by atoms with Crippen LogP contribution in [0.15, 0.2) is 59.9 Å². The number of benzene rings is 1. The van der Waals surface area contributed by atoms with E-state index in [0.29, 0.717) is 24.1 Å². The van der Waals surface area contributed by atoms with Crippen LogP contribution in [0.1, 0.15) is 45.0 Å². The molecule has 0 N–H and O–H groups in total. The van der Waals surface area contributed by atoms with E-state index < -0.39 is 33.9 Å². The van der Waals surface area contributed by atoms with Crippen LogP contribution in [0.4, 0.5) is 17.6 Å². The second-order valence-corrected chi connectivity index (χ2v) is 10.4. The van der Waals surface area contributed by atoms with Crippen LogP contribution < -0.4 is 0 Å². The predicted octanol–water partition coefficient (Wildman–Crippen LogP) is 5.08. The fourth-order valence-corrected chi connectivity index (χ4v) is 6.09. The first-order chi connectivity index (χ1) is 17.0. The van der Waals surface area contributed by atoms with Crippen LogP contribution >= 0.6 is 0 Å². The van der Waals surface area contributed by atoms with Gasteiger partial charge in [-0.1, -0.05) is 7.43 Å². The zero-order valence-corrected chi connectivity index (χ0v) is 19.9. The fourth-order valence-electron chi connectivity index (χ4n) is 4.22. The molecule has 0 amide bonds. The number of halogens is 4. The molecule has 12 heteroatoms. The highest BCUT2D eigenvalue weighted by atomic mass is 32.2. The molecule has 37 heavy (non-hydrogen) atoms.